The predicted molar refractivity (Wildman–Crippen MR) is 80.7 cm³/mol. The van der Waals surface area contributed by atoms with Crippen LogP contribution in [-0.2, 0) is 10.0 Å². The van der Waals surface area contributed by atoms with Crippen molar-refractivity contribution in [2.24, 2.45) is 5.14 Å². The lowest BCUT2D eigenvalue weighted by Crippen LogP contribution is -2.31. The van der Waals surface area contributed by atoms with Crippen LogP contribution in [0.5, 0.6) is 0 Å². The van der Waals surface area contributed by atoms with Crippen molar-refractivity contribution < 1.29 is 23.1 Å². The van der Waals surface area contributed by atoms with E-state index in [0.29, 0.717) is 4.47 Å². The van der Waals surface area contributed by atoms with Gasteiger partial charge in [-0.15, -0.1) is 0 Å². The smallest absolute Gasteiger partial charge is 0.337 e. The van der Waals surface area contributed by atoms with Crippen molar-refractivity contribution in [2.75, 3.05) is 17.6 Å². The quantitative estimate of drug-likeness (QED) is 0.544. The number of nitrogens with one attached hydrogen (secondary N) is 2. The molecule has 0 unspecified atom stereocenters. The lowest BCUT2D eigenvalue weighted by atomic mass is 10.2. The van der Waals surface area contributed by atoms with Crippen LogP contribution < -0.4 is 15.8 Å². The third-order valence-electron chi connectivity index (χ3n) is 2.37. The minimum absolute atomic E-state index is 0.0657. The molecular formula is C11H14BrN3O5S. The molecule has 1 aromatic rings. The van der Waals surface area contributed by atoms with Gasteiger partial charge in [-0.05, 0) is 34.5 Å². The van der Waals surface area contributed by atoms with Crippen molar-refractivity contribution in [3.63, 3.8) is 0 Å². The standard InChI is InChI=1S/C11H14BrN3O5S/c12-8-4-1-3-7(10(16)17)9(8)15-11(18)14-5-2-6-21(13,19)20/h1,3-4H,2,5-6H2,(H,16,17)(H2,13,19,20)(H2,14,15,18). The molecule has 0 aliphatic rings. The van der Waals surface area contributed by atoms with Gasteiger partial charge >= 0.3 is 12.0 Å². The highest BCUT2D eigenvalue weighted by atomic mass is 79.9. The van der Waals surface area contributed by atoms with Gasteiger partial charge in [0.05, 0.1) is 17.0 Å². The Balaban J connectivity index is 2.61. The molecule has 0 aromatic heterocycles. The van der Waals surface area contributed by atoms with E-state index in [1.165, 1.54) is 12.1 Å². The first-order valence-electron chi connectivity index (χ1n) is 5.78. The number of hydrogen-bond donors (Lipinski definition) is 4. The summed E-state index contributed by atoms with van der Waals surface area (Å²) >= 11 is 3.15. The fraction of sp³-hybridized carbons (Fsp3) is 0.273. The van der Waals surface area contributed by atoms with E-state index in [1.54, 1.807) is 6.07 Å². The molecule has 116 valence electrons. The normalized spacial score (nSPS) is 11.0. The zero-order valence-corrected chi connectivity index (χ0v) is 13.2. The molecule has 0 bridgehead atoms. The van der Waals surface area contributed by atoms with Crippen LogP contribution in [0.4, 0.5) is 10.5 Å². The molecule has 0 aliphatic carbocycles. The first-order valence-corrected chi connectivity index (χ1v) is 8.28. The van der Waals surface area contributed by atoms with Crippen LogP contribution in [0.3, 0.4) is 0 Å². The SMILES string of the molecule is NS(=O)(=O)CCCNC(=O)Nc1c(Br)cccc1C(=O)O. The first kappa shape index (κ1) is 17.4. The maximum absolute atomic E-state index is 11.6. The van der Waals surface area contributed by atoms with Crippen LogP contribution in [0.15, 0.2) is 22.7 Å². The second-order valence-corrected chi connectivity index (χ2v) is 6.66. The molecule has 0 radical (unpaired) electrons. The Hall–Kier alpha value is -1.65. The Morgan fingerprint density at radius 2 is 2.00 bits per heavy atom. The van der Waals surface area contributed by atoms with E-state index >= 15 is 0 Å². The summed E-state index contributed by atoms with van der Waals surface area (Å²) in [6.07, 6.45) is 0.161. The lowest BCUT2D eigenvalue weighted by molar-refractivity contribution is 0.0698. The van der Waals surface area contributed by atoms with Crippen LogP contribution in [0.2, 0.25) is 0 Å². The average Bonchev–Trinajstić information content (AvgIpc) is 2.35. The fourth-order valence-corrected chi connectivity index (χ4v) is 2.47. The molecule has 10 heteroatoms. The number of carboxylic acid groups (broad SMARTS) is 1. The van der Waals surface area contributed by atoms with Crippen LogP contribution in [-0.4, -0.2) is 37.8 Å². The summed E-state index contributed by atoms with van der Waals surface area (Å²) in [5, 5.41) is 18.7. The monoisotopic (exact) mass is 379 g/mol. The highest BCUT2D eigenvalue weighted by Gasteiger charge is 2.15. The molecule has 0 spiro atoms. The van der Waals surface area contributed by atoms with Crippen molar-refractivity contribution in [2.45, 2.75) is 6.42 Å². The molecule has 0 atom stereocenters. The number of primary sulfonamides is 1. The number of carbonyl (C=O) groups excluding carboxylic acids is 1. The Morgan fingerprint density at radius 1 is 1.33 bits per heavy atom. The van der Waals surface area contributed by atoms with E-state index in [1.807, 2.05) is 0 Å². The van der Waals surface area contributed by atoms with Crippen molar-refractivity contribution in [1.29, 1.82) is 0 Å². The van der Waals surface area contributed by atoms with Gasteiger partial charge in [0.1, 0.15) is 0 Å². The molecule has 1 rings (SSSR count). The summed E-state index contributed by atoms with van der Waals surface area (Å²) in [5.41, 5.74) is 0.0537. The zero-order valence-electron chi connectivity index (χ0n) is 10.8. The number of para-hydroxylation sites is 1. The molecular weight excluding hydrogens is 366 g/mol. The molecule has 1 aromatic carbocycles. The van der Waals surface area contributed by atoms with Gasteiger partial charge < -0.3 is 15.7 Å². The fourth-order valence-electron chi connectivity index (χ4n) is 1.46. The highest BCUT2D eigenvalue weighted by molar-refractivity contribution is 9.10. The maximum atomic E-state index is 11.6. The predicted octanol–water partition coefficient (Wildman–Crippen LogP) is 0.947. The molecule has 21 heavy (non-hydrogen) atoms. The molecule has 0 heterocycles. The molecule has 8 nitrogen and oxygen atoms in total. The number of hydrogen-bond acceptors (Lipinski definition) is 4. The first-order chi connectivity index (χ1) is 9.70. The molecule has 5 N–H and O–H groups in total. The number of carboxylic acids is 1. The Kier molecular flexibility index (Phi) is 6.12. The molecule has 0 aliphatic heterocycles. The largest absolute Gasteiger partial charge is 0.478 e. The minimum Gasteiger partial charge on any atom is -0.478 e. The summed E-state index contributed by atoms with van der Waals surface area (Å²) in [7, 11) is -3.56. The van der Waals surface area contributed by atoms with Crippen LogP contribution in [0, 0.1) is 0 Å². The van der Waals surface area contributed by atoms with E-state index in [0.717, 1.165) is 0 Å². The van der Waals surface area contributed by atoms with Gasteiger partial charge in [-0.1, -0.05) is 6.07 Å². The van der Waals surface area contributed by atoms with E-state index < -0.39 is 22.0 Å². The second kappa shape index (κ2) is 7.38. The summed E-state index contributed by atoms with van der Waals surface area (Å²) in [4.78, 5) is 22.7. The number of carbonyl (C=O) groups is 2. The number of halogens is 1. The number of amides is 2. The summed E-state index contributed by atoms with van der Waals surface area (Å²) in [5.74, 6) is -1.43. The summed E-state index contributed by atoms with van der Waals surface area (Å²) in [6.45, 7) is 0.0924. The average molecular weight is 380 g/mol. The highest BCUT2D eigenvalue weighted by Crippen LogP contribution is 2.26. The third kappa shape index (κ3) is 6.10. The number of anilines is 1. The van der Waals surface area contributed by atoms with Crippen LogP contribution >= 0.6 is 15.9 Å². The van der Waals surface area contributed by atoms with Crippen molar-refractivity contribution >= 4 is 43.6 Å². The molecule has 0 saturated carbocycles. The van der Waals surface area contributed by atoms with E-state index in [2.05, 4.69) is 26.6 Å². The van der Waals surface area contributed by atoms with Crippen LogP contribution in [0.25, 0.3) is 0 Å². The number of rotatable bonds is 6. The summed E-state index contributed by atoms with van der Waals surface area (Å²) in [6, 6.07) is 3.83. The number of benzene rings is 1. The van der Waals surface area contributed by atoms with Gasteiger partial charge in [0.15, 0.2) is 0 Å². The van der Waals surface area contributed by atoms with Crippen LogP contribution in [0.1, 0.15) is 16.8 Å². The topological polar surface area (TPSA) is 139 Å². The van der Waals surface area contributed by atoms with Gasteiger partial charge in [0.2, 0.25) is 10.0 Å². The Bertz CT molecular complexity index is 647. The van der Waals surface area contributed by atoms with E-state index in [-0.39, 0.29) is 30.0 Å². The second-order valence-electron chi connectivity index (χ2n) is 4.07. The van der Waals surface area contributed by atoms with Gasteiger partial charge in [-0.25, -0.2) is 23.1 Å². The number of nitrogens with two attached hydrogens (primary N) is 1. The third-order valence-corrected chi connectivity index (χ3v) is 3.89. The van der Waals surface area contributed by atoms with Crippen molar-refractivity contribution in [3.8, 4) is 0 Å². The molecule has 0 fully saturated rings. The zero-order chi connectivity index (χ0) is 16.0. The van der Waals surface area contributed by atoms with E-state index in [9.17, 15) is 18.0 Å². The Morgan fingerprint density at radius 3 is 2.57 bits per heavy atom. The van der Waals surface area contributed by atoms with Crippen molar-refractivity contribution in [1.82, 2.24) is 5.32 Å². The van der Waals surface area contributed by atoms with Gasteiger partial charge in [-0.2, -0.15) is 0 Å². The summed E-state index contributed by atoms with van der Waals surface area (Å²) < 4.78 is 21.8. The van der Waals surface area contributed by atoms with Crippen molar-refractivity contribution in [3.05, 3.63) is 28.2 Å². The number of sulfonamides is 1. The minimum atomic E-state index is -3.56. The van der Waals surface area contributed by atoms with E-state index in [4.69, 9.17) is 10.2 Å². The Labute approximate surface area is 129 Å². The maximum Gasteiger partial charge on any atom is 0.337 e. The lowest BCUT2D eigenvalue weighted by Gasteiger charge is -2.11. The molecule has 2 amide bonds. The molecule has 0 saturated heterocycles. The number of aromatic carboxylic acids is 1. The van der Waals surface area contributed by atoms with Gasteiger partial charge in [-0.3, -0.25) is 0 Å². The van der Waals surface area contributed by atoms with Gasteiger partial charge in [0, 0.05) is 11.0 Å². The van der Waals surface area contributed by atoms with Gasteiger partial charge in [0.25, 0.3) is 0 Å². The number of urea groups is 1.